The summed E-state index contributed by atoms with van der Waals surface area (Å²) in [7, 11) is 1.46. The second-order valence-electron chi connectivity index (χ2n) is 9.65. The minimum absolute atomic E-state index is 0.134. The lowest BCUT2D eigenvalue weighted by molar-refractivity contribution is -0.135. The van der Waals surface area contributed by atoms with Gasteiger partial charge < -0.3 is 10.1 Å². The minimum atomic E-state index is -0.227. The molecule has 0 bridgehead atoms. The van der Waals surface area contributed by atoms with Crippen LogP contribution in [0, 0.1) is 19.8 Å². The highest BCUT2D eigenvalue weighted by molar-refractivity contribution is 8.05. The van der Waals surface area contributed by atoms with Gasteiger partial charge in [0, 0.05) is 11.1 Å². The first-order valence-corrected chi connectivity index (χ1v) is 14.0. The SMILES string of the molecule is COC(=O)C1=CC2NC(c3ccc4nc(-c5sc(C)nc5C)ccc4c3)=C(C3CCCCC3)C2S1. The molecule has 0 amide bonds. The van der Waals surface area contributed by atoms with Gasteiger partial charge in [-0.3, -0.25) is 0 Å². The number of hydrogen-bond donors (Lipinski definition) is 1. The summed E-state index contributed by atoms with van der Waals surface area (Å²) in [6.45, 7) is 4.09. The van der Waals surface area contributed by atoms with Crippen LogP contribution in [-0.2, 0) is 9.53 Å². The molecule has 2 atom stereocenters. The van der Waals surface area contributed by atoms with Crippen molar-refractivity contribution in [2.75, 3.05) is 7.11 Å². The number of pyridine rings is 1. The number of nitrogens with zero attached hydrogens (tertiary/aromatic N) is 2. The number of rotatable bonds is 4. The van der Waals surface area contributed by atoms with Crippen molar-refractivity contribution >= 4 is 45.7 Å². The van der Waals surface area contributed by atoms with E-state index < -0.39 is 0 Å². The number of carbonyl (C=O) groups excluding carboxylic acids is 1. The molecule has 1 aromatic carbocycles. The van der Waals surface area contributed by atoms with Gasteiger partial charge >= 0.3 is 5.97 Å². The summed E-state index contributed by atoms with van der Waals surface area (Å²) in [6, 6.07) is 11.0. The lowest BCUT2D eigenvalue weighted by atomic mass is 9.81. The molecule has 7 heteroatoms. The molecule has 1 N–H and O–H groups in total. The van der Waals surface area contributed by atoms with Crippen LogP contribution in [0.15, 0.2) is 46.9 Å². The van der Waals surface area contributed by atoms with Gasteiger partial charge in [-0.1, -0.05) is 31.4 Å². The maximum Gasteiger partial charge on any atom is 0.344 e. The zero-order chi connectivity index (χ0) is 24.1. The Morgan fingerprint density at radius 1 is 1.09 bits per heavy atom. The fraction of sp³-hybridized carbons (Fsp3) is 0.393. The number of fused-ring (bicyclic) bond motifs is 2. The number of thiazole rings is 1. The third-order valence-corrected chi connectivity index (χ3v) is 9.82. The second kappa shape index (κ2) is 9.10. The minimum Gasteiger partial charge on any atom is -0.465 e. The van der Waals surface area contributed by atoms with Crippen molar-refractivity contribution in [3.05, 3.63) is 63.2 Å². The molecular weight excluding hydrogens is 474 g/mol. The Hall–Kier alpha value is -2.64. The largest absolute Gasteiger partial charge is 0.465 e. The number of thioether (sulfide) groups is 1. The Morgan fingerprint density at radius 3 is 2.66 bits per heavy atom. The number of methoxy groups -OCH3 is 1. The van der Waals surface area contributed by atoms with Gasteiger partial charge in [-0.05, 0) is 68.0 Å². The van der Waals surface area contributed by atoms with E-state index in [1.165, 1.54) is 56.0 Å². The van der Waals surface area contributed by atoms with E-state index in [1.54, 1.807) is 23.1 Å². The van der Waals surface area contributed by atoms with Crippen molar-refractivity contribution in [2.45, 2.75) is 57.2 Å². The number of carbonyl (C=O) groups is 1. The molecule has 1 fully saturated rings. The van der Waals surface area contributed by atoms with E-state index in [0.29, 0.717) is 5.92 Å². The summed E-state index contributed by atoms with van der Waals surface area (Å²) in [5.74, 6) is 0.336. The molecule has 2 unspecified atom stereocenters. The first-order chi connectivity index (χ1) is 17.0. The van der Waals surface area contributed by atoms with Crippen LogP contribution in [0.1, 0.15) is 48.4 Å². The van der Waals surface area contributed by atoms with Gasteiger partial charge in [-0.2, -0.15) is 0 Å². The van der Waals surface area contributed by atoms with Gasteiger partial charge in [-0.25, -0.2) is 14.8 Å². The number of aryl methyl sites for hydroxylation is 2. The number of aromatic nitrogens is 2. The van der Waals surface area contributed by atoms with Gasteiger partial charge in [-0.15, -0.1) is 23.1 Å². The first-order valence-electron chi connectivity index (χ1n) is 12.3. The van der Waals surface area contributed by atoms with Crippen molar-refractivity contribution in [3.63, 3.8) is 0 Å². The fourth-order valence-electron chi connectivity index (χ4n) is 5.76. The summed E-state index contributed by atoms with van der Waals surface area (Å²) in [4.78, 5) is 23.6. The van der Waals surface area contributed by atoms with Crippen LogP contribution in [0.25, 0.3) is 27.2 Å². The molecule has 2 aliphatic heterocycles. The topological polar surface area (TPSA) is 64.1 Å². The average Bonchev–Trinajstić information content (AvgIpc) is 3.55. The molecule has 1 saturated carbocycles. The maximum atomic E-state index is 12.2. The highest BCUT2D eigenvalue weighted by Gasteiger charge is 2.43. The summed E-state index contributed by atoms with van der Waals surface area (Å²) >= 11 is 3.37. The molecule has 0 saturated heterocycles. The molecule has 3 aromatic rings. The van der Waals surface area contributed by atoms with Crippen LogP contribution in [0.4, 0.5) is 0 Å². The Bertz CT molecular complexity index is 1380. The molecule has 180 valence electrons. The van der Waals surface area contributed by atoms with Gasteiger partial charge in [0.1, 0.15) is 0 Å². The molecule has 1 aliphatic carbocycles. The van der Waals surface area contributed by atoms with Crippen LogP contribution in [0.3, 0.4) is 0 Å². The second-order valence-corrected chi connectivity index (χ2v) is 12.0. The maximum absolute atomic E-state index is 12.2. The standard InChI is InChI=1S/C28H29N3O2S2/c1-15-26(34-16(2)29-15)21-12-9-18-13-19(10-11-20(18)30-21)25-24(17-7-5-4-6-8-17)27-22(31-25)14-23(35-27)28(32)33-3/h9-14,17,22,27,31H,4-8H2,1-3H3. The van der Waals surface area contributed by atoms with Crippen LogP contribution in [-0.4, -0.2) is 34.3 Å². The first kappa shape index (κ1) is 22.8. The average molecular weight is 504 g/mol. The highest BCUT2D eigenvalue weighted by atomic mass is 32.2. The quantitative estimate of drug-likeness (QED) is 0.415. The fourth-order valence-corrected chi connectivity index (χ4v) is 8.06. The van der Waals surface area contributed by atoms with E-state index >= 15 is 0 Å². The van der Waals surface area contributed by atoms with Gasteiger partial charge in [0.2, 0.25) is 0 Å². The Morgan fingerprint density at radius 2 is 1.91 bits per heavy atom. The molecule has 5 nitrogen and oxygen atoms in total. The van der Waals surface area contributed by atoms with Crippen LogP contribution < -0.4 is 5.32 Å². The predicted molar refractivity (Wildman–Crippen MR) is 144 cm³/mol. The molecular formula is C28H29N3O2S2. The van der Waals surface area contributed by atoms with Crippen molar-refractivity contribution < 1.29 is 9.53 Å². The third kappa shape index (κ3) is 4.08. The molecule has 0 spiro atoms. The summed E-state index contributed by atoms with van der Waals surface area (Å²) in [6.07, 6.45) is 8.39. The zero-order valence-corrected chi connectivity index (χ0v) is 21.9. The van der Waals surface area contributed by atoms with Crippen molar-refractivity contribution in [2.24, 2.45) is 5.92 Å². The number of ether oxygens (including phenoxy) is 1. The Kier molecular flexibility index (Phi) is 5.93. The van der Waals surface area contributed by atoms with E-state index in [-0.39, 0.29) is 17.3 Å². The molecule has 0 radical (unpaired) electrons. The van der Waals surface area contributed by atoms with Crippen molar-refractivity contribution in [1.29, 1.82) is 0 Å². The van der Waals surface area contributed by atoms with Crippen LogP contribution in [0.2, 0.25) is 0 Å². The number of esters is 1. The van der Waals surface area contributed by atoms with E-state index in [9.17, 15) is 4.79 Å². The van der Waals surface area contributed by atoms with Crippen LogP contribution in [0.5, 0.6) is 0 Å². The van der Waals surface area contributed by atoms with E-state index in [4.69, 9.17) is 9.72 Å². The van der Waals surface area contributed by atoms with E-state index in [1.807, 2.05) is 13.8 Å². The van der Waals surface area contributed by atoms with Crippen molar-refractivity contribution in [3.8, 4) is 10.6 Å². The number of nitrogens with one attached hydrogen (secondary N) is 1. The monoisotopic (exact) mass is 503 g/mol. The van der Waals surface area contributed by atoms with E-state index in [2.05, 4.69) is 46.7 Å². The third-order valence-electron chi connectivity index (χ3n) is 7.36. The Labute approximate surface area is 214 Å². The smallest absolute Gasteiger partial charge is 0.344 e. The number of hydrogen-bond acceptors (Lipinski definition) is 7. The molecule has 4 heterocycles. The van der Waals surface area contributed by atoms with E-state index in [0.717, 1.165) is 37.1 Å². The van der Waals surface area contributed by atoms with Gasteiger partial charge in [0.15, 0.2) is 0 Å². The Balaban J connectivity index is 1.37. The van der Waals surface area contributed by atoms with Gasteiger partial charge in [0.05, 0.1) is 50.1 Å². The zero-order valence-electron chi connectivity index (χ0n) is 20.3. The van der Waals surface area contributed by atoms with Crippen molar-refractivity contribution in [1.82, 2.24) is 15.3 Å². The summed E-state index contributed by atoms with van der Waals surface area (Å²) < 4.78 is 5.01. The van der Waals surface area contributed by atoms with Gasteiger partial charge in [0.25, 0.3) is 0 Å². The van der Waals surface area contributed by atoms with Crippen LogP contribution >= 0.6 is 23.1 Å². The highest BCUT2D eigenvalue weighted by Crippen LogP contribution is 2.49. The summed E-state index contributed by atoms with van der Waals surface area (Å²) in [5, 5.41) is 6.25. The predicted octanol–water partition coefficient (Wildman–Crippen LogP) is 6.41. The number of benzene rings is 1. The molecule has 2 aromatic heterocycles. The molecule has 3 aliphatic rings. The lowest BCUT2D eigenvalue weighted by Crippen LogP contribution is -2.26. The normalized spacial score (nSPS) is 22.3. The molecule has 35 heavy (non-hydrogen) atoms. The molecule has 6 rings (SSSR count). The summed E-state index contributed by atoms with van der Waals surface area (Å²) in [5.41, 5.74) is 6.96. The lowest BCUT2D eigenvalue weighted by Gasteiger charge is -2.27.